The Kier molecular flexibility index (Phi) is 7.40. The Bertz CT molecular complexity index is 1170. The van der Waals surface area contributed by atoms with Crippen molar-refractivity contribution in [2.45, 2.75) is 45.3 Å². The van der Waals surface area contributed by atoms with Crippen molar-refractivity contribution in [1.82, 2.24) is 4.98 Å². The molecule has 6 nitrogen and oxygen atoms in total. The van der Waals surface area contributed by atoms with Gasteiger partial charge in [0.1, 0.15) is 34.5 Å². The zero-order valence-corrected chi connectivity index (χ0v) is 19.8. The number of halogens is 6. The van der Waals surface area contributed by atoms with Gasteiger partial charge in [-0.15, -0.1) is 0 Å². The highest BCUT2D eigenvalue weighted by Crippen LogP contribution is 2.38. The fraction of sp³-hybridized carbons (Fsp3) is 0.429. The third-order valence-electron chi connectivity index (χ3n) is 5.34. The maximum atomic E-state index is 14.8. The summed E-state index contributed by atoms with van der Waals surface area (Å²) in [7, 11) is -1.62. The van der Waals surface area contributed by atoms with E-state index in [1.54, 1.807) is 13.8 Å². The molecule has 3 rings (SSSR count). The summed E-state index contributed by atoms with van der Waals surface area (Å²) in [6.45, 7) is 4.52. The van der Waals surface area contributed by atoms with E-state index in [4.69, 9.17) is 11.6 Å². The minimum atomic E-state index is -4.85. The van der Waals surface area contributed by atoms with E-state index in [-0.39, 0.29) is 28.8 Å². The van der Waals surface area contributed by atoms with Crippen molar-refractivity contribution < 1.29 is 31.3 Å². The molecule has 1 aromatic heterocycles. The van der Waals surface area contributed by atoms with Gasteiger partial charge in [-0.25, -0.2) is 13.8 Å². The highest BCUT2D eigenvalue weighted by Gasteiger charge is 2.43. The number of aliphatic hydroxyl groups excluding tert-OH is 1. The normalized spacial score (nSPS) is 19.4. The van der Waals surface area contributed by atoms with Crippen LogP contribution < -0.4 is 9.80 Å². The van der Waals surface area contributed by atoms with Crippen LogP contribution in [0.5, 0.6) is 0 Å². The fourth-order valence-corrected chi connectivity index (χ4v) is 5.50. The van der Waals surface area contributed by atoms with Crippen molar-refractivity contribution in [2.75, 3.05) is 21.4 Å². The largest absolute Gasteiger partial charge is 0.417 e. The van der Waals surface area contributed by atoms with E-state index in [1.807, 2.05) is 0 Å². The zero-order chi connectivity index (χ0) is 25.5. The lowest BCUT2D eigenvalue weighted by atomic mass is 10.1. The summed E-state index contributed by atoms with van der Waals surface area (Å²) in [5.74, 6) is -3.02. The van der Waals surface area contributed by atoms with Crippen LogP contribution in [0.25, 0.3) is 0 Å². The lowest BCUT2D eigenvalue weighted by Crippen LogP contribution is -2.54. The fourth-order valence-electron chi connectivity index (χ4n) is 3.87. The molecule has 2 heterocycles. The summed E-state index contributed by atoms with van der Waals surface area (Å²) >= 11 is 5.69. The van der Waals surface area contributed by atoms with E-state index in [9.17, 15) is 36.5 Å². The average Bonchev–Trinajstić information content (AvgIpc) is 3.14. The SMILES string of the molecule is Cc1cc(C(F)(F)F)c(C#N)c(N2CS(=O)C[C@@H]2C(O)N(c2ccc(F)c(Cl)c2F)C(C)C)n1. The number of pyridine rings is 1. The summed E-state index contributed by atoms with van der Waals surface area (Å²) < 4.78 is 81.7. The molecule has 0 aliphatic carbocycles. The number of anilines is 2. The Labute approximate surface area is 200 Å². The molecular weight excluding hydrogens is 503 g/mol. The molecule has 34 heavy (non-hydrogen) atoms. The number of alkyl halides is 3. The van der Waals surface area contributed by atoms with Crippen LogP contribution in [0.4, 0.5) is 33.5 Å². The number of nitrogens with zero attached hydrogens (tertiary/aromatic N) is 4. The van der Waals surface area contributed by atoms with Gasteiger partial charge in [-0.2, -0.15) is 18.4 Å². The Morgan fingerprint density at radius 2 is 2.00 bits per heavy atom. The van der Waals surface area contributed by atoms with Gasteiger partial charge in [0.25, 0.3) is 0 Å². The van der Waals surface area contributed by atoms with Crippen molar-refractivity contribution >= 4 is 33.9 Å². The van der Waals surface area contributed by atoms with E-state index < -0.39 is 63.1 Å². The second-order valence-electron chi connectivity index (χ2n) is 8.00. The Morgan fingerprint density at radius 3 is 2.56 bits per heavy atom. The van der Waals surface area contributed by atoms with Crippen LogP contribution in [-0.4, -0.2) is 44.2 Å². The van der Waals surface area contributed by atoms with E-state index in [0.717, 1.165) is 23.1 Å². The van der Waals surface area contributed by atoms with Gasteiger partial charge < -0.3 is 14.9 Å². The minimum absolute atomic E-state index is 0.0377. The van der Waals surface area contributed by atoms with Crippen LogP contribution in [0.2, 0.25) is 5.02 Å². The van der Waals surface area contributed by atoms with Crippen LogP contribution in [0.15, 0.2) is 18.2 Å². The molecule has 0 amide bonds. The van der Waals surface area contributed by atoms with Crippen molar-refractivity contribution in [2.24, 2.45) is 0 Å². The first-order valence-electron chi connectivity index (χ1n) is 9.98. The van der Waals surface area contributed by atoms with Crippen molar-refractivity contribution in [3.8, 4) is 6.07 Å². The standard InChI is InChI=1S/C21H20ClF5N4O2S/c1-10(2)31(15-5-4-14(23)17(22)18(15)24)20(32)16-8-34(33)9-30(16)19-12(7-28)13(21(25,26)27)6-11(3)29-19/h4-6,10,16,20,32H,8-9H2,1-3H3/t16-,20?,34?/m1/s1. The average molecular weight is 523 g/mol. The summed E-state index contributed by atoms with van der Waals surface area (Å²) in [6.07, 6.45) is -6.47. The molecule has 1 saturated heterocycles. The molecule has 13 heteroatoms. The van der Waals surface area contributed by atoms with Crippen LogP contribution in [0, 0.1) is 29.9 Å². The molecule has 184 valence electrons. The Balaban J connectivity index is 2.13. The lowest BCUT2D eigenvalue weighted by molar-refractivity contribution is -0.137. The number of nitriles is 1. The second-order valence-corrected chi connectivity index (χ2v) is 9.85. The molecule has 2 unspecified atom stereocenters. The first-order valence-corrected chi connectivity index (χ1v) is 11.8. The van der Waals surface area contributed by atoms with E-state index in [0.29, 0.717) is 0 Å². The molecule has 1 aliphatic heterocycles. The molecule has 2 aromatic rings. The van der Waals surface area contributed by atoms with Gasteiger partial charge in [-0.3, -0.25) is 4.21 Å². The van der Waals surface area contributed by atoms with Crippen LogP contribution in [-0.2, 0) is 17.0 Å². The molecule has 1 aromatic carbocycles. The third-order valence-corrected chi connectivity index (χ3v) is 6.96. The molecule has 1 fully saturated rings. The first kappa shape index (κ1) is 26.1. The maximum Gasteiger partial charge on any atom is 0.417 e. The van der Waals surface area contributed by atoms with Gasteiger partial charge in [0.05, 0.1) is 28.9 Å². The number of aryl methyl sites for hydroxylation is 1. The molecule has 0 spiro atoms. The molecule has 1 N–H and O–H groups in total. The highest BCUT2D eigenvalue weighted by atomic mass is 35.5. The molecule has 0 radical (unpaired) electrons. The van der Waals surface area contributed by atoms with Crippen molar-refractivity contribution in [3.05, 3.63) is 51.7 Å². The molecule has 0 bridgehead atoms. The quantitative estimate of drug-likeness (QED) is 0.357. The monoisotopic (exact) mass is 522 g/mol. The van der Waals surface area contributed by atoms with Crippen LogP contribution in [0.1, 0.15) is 30.7 Å². The summed E-state index contributed by atoms with van der Waals surface area (Å²) in [5.41, 5.74) is -2.27. The summed E-state index contributed by atoms with van der Waals surface area (Å²) in [4.78, 5) is 6.41. The second kappa shape index (κ2) is 9.64. The minimum Gasteiger partial charge on any atom is -0.371 e. The topological polar surface area (TPSA) is 80.5 Å². The number of hydrogen-bond donors (Lipinski definition) is 1. The van der Waals surface area contributed by atoms with Gasteiger partial charge in [0.2, 0.25) is 0 Å². The number of aliphatic hydroxyl groups is 1. The van der Waals surface area contributed by atoms with Gasteiger partial charge >= 0.3 is 6.18 Å². The first-order chi connectivity index (χ1) is 15.8. The van der Waals surface area contributed by atoms with E-state index in [1.165, 1.54) is 17.9 Å². The van der Waals surface area contributed by atoms with Gasteiger partial charge in [-0.05, 0) is 39.0 Å². The predicted molar refractivity (Wildman–Crippen MR) is 118 cm³/mol. The third kappa shape index (κ3) is 4.82. The number of aromatic nitrogens is 1. The van der Waals surface area contributed by atoms with Gasteiger partial charge in [-0.1, -0.05) is 11.6 Å². The van der Waals surface area contributed by atoms with E-state index >= 15 is 0 Å². The molecule has 3 atom stereocenters. The Morgan fingerprint density at radius 1 is 1.35 bits per heavy atom. The number of benzene rings is 1. The summed E-state index contributed by atoms with van der Waals surface area (Å²) in [6, 6.07) is 2.52. The molecule has 1 aliphatic rings. The Hall–Kier alpha value is -2.49. The van der Waals surface area contributed by atoms with E-state index in [2.05, 4.69) is 4.98 Å². The number of rotatable bonds is 5. The number of hydrogen-bond acceptors (Lipinski definition) is 6. The van der Waals surface area contributed by atoms with Crippen LogP contribution >= 0.6 is 11.6 Å². The van der Waals surface area contributed by atoms with Crippen molar-refractivity contribution in [1.29, 1.82) is 5.26 Å². The zero-order valence-electron chi connectivity index (χ0n) is 18.2. The van der Waals surface area contributed by atoms with Gasteiger partial charge in [0, 0.05) is 22.5 Å². The molecular formula is C21H20ClF5N4O2S. The predicted octanol–water partition coefficient (Wildman–Crippen LogP) is 4.34. The van der Waals surface area contributed by atoms with Crippen molar-refractivity contribution in [3.63, 3.8) is 0 Å². The smallest absolute Gasteiger partial charge is 0.371 e. The lowest BCUT2D eigenvalue weighted by Gasteiger charge is -2.40. The van der Waals surface area contributed by atoms with Crippen LogP contribution in [0.3, 0.4) is 0 Å². The highest BCUT2D eigenvalue weighted by molar-refractivity contribution is 7.85. The van der Waals surface area contributed by atoms with Gasteiger partial charge in [0.15, 0.2) is 5.82 Å². The maximum absolute atomic E-state index is 14.8. The molecule has 0 saturated carbocycles. The summed E-state index contributed by atoms with van der Waals surface area (Å²) in [5, 5.41) is 20.0.